The highest BCUT2D eigenvalue weighted by molar-refractivity contribution is 6.35. The number of halogens is 3. The molecule has 0 saturated carbocycles. The largest absolute Gasteiger partial charge is 0.493 e. The monoisotopic (exact) mass is 453 g/mol. The van der Waals surface area contributed by atoms with Gasteiger partial charge in [-0.15, -0.1) is 6.58 Å². The fraction of sp³-hybridized carbons (Fsp3) is 0.211. The molecule has 0 aliphatic rings. The molecule has 152 valence electrons. The highest BCUT2D eigenvalue weighted by Crippen LogP contribution is 2.34. The highest BCUT2D eigenvalue weighted by Gasteiger charge is 2.13. The van der Waals surface area contributed by atoms with Crippen molar-refractivity contribution in [2.24, 2.45) is 0 Å². The van der Waals surface area contributed by atoms with E-state index in [-0.39, 0.29) is 6.61 Å². The van der Waals surface area contributed by atoms with Crippen LogP contribution in [0, 0.1) is 0 Å². The van der Waals surface area contributed by atoms with Crippen LogP contribution in [-0.2, 0) is 19.7 Å². The van der Waals surface area contributed by atoms with Gasteiger partial charge in [0.1, 0.15) is 6.61 Å². The zero-order valence-corrected chi connectivity index (χ0v) is 17.8. The quantitative estimate of drug-likeness (QED) is 0.458. The Balaban J connectivity index is 1.73. The average molecular weight is 455 g/mol. The summed E-state index contributed by atoms with van der Waals surface area (Å²) in [5.41, 5.74) is 1.60. The molecule has 3 aromatic rings. The number of allylic oxidation sites excluding steroid dienone is 1. The molecule has 0 bridgehead atoms. The van der Waals surface area contributed by atoms with E-state index in [0.29, 0.717) is 45.6 Å². The summed E-state index contributed by atoms with van der Waals surface area (Å²) in [7, 11) is 1.56. The fourth-order valence-corrected chi connectivity index (χ4v) is 3.21. The van der Waals surface area contributed by atoms with Crippen molar-refractivity contribution in [2.75, 3.05) is 12.4 Å². The van der Waals surface area contributed by atoms with E-state index in [9.17, 15) is 0 Å². The molecular weight excluding hydrogens is 437 g/mol. The first-order chi connectivity index (χ1) is 14.0. The van der Waals surface area contributed by atoms with Crippen molar-refractivity contribution in [3.63, 3.8) is 0 Å². The number of methoxy groups -OCH3 is 1. The summed E-state index contributed by atoms with van der Waals surface area (Å²) in [6.07, 6.45) is 1.70. The molecule has 0 unspecified atom stereocenters. The zero-order valence-electron chi connectivity index (χ0n) is 15.5. The normalized spacial score (nSPS) is 10.6. The number of ether oxygens (including phenoxy) is 2. The third-order valence-corrected chi connectivity index (χ3v) is 4.94. The highest BCUT2D eigenvalue weighted by atomic mass is 35.5. The zero-order chi connectivity index (χ0) is 20.8. The van der Waals surface area contributed by atoms with Crippen LogP contribution in [0.25, 0.3) is 0 Å². The maximum absolute atomic E-state index is 6.44. The van der Waals surface area contributed by atoms with Crippen molar-refractivity contribution in [1.82, 2.24) is 20.2 Å². The Bertz CT molecular complexity index is 1010. The van der Waals surface area contributed by atoms with Crippen molar-refractivity contribution in [3.8, 4) is 11.5 Å². The Morgan fingerprint density at radius 1 is 1.10 bits per heavy atom. The van der Waals surface area contributed by atoms with E-state index >= 15 is 0 Å². The van der Waals surface area contributed by atoms with Gasteiger partial charge in [-0.05, 0) is 34.2 Å². The summed E-state index contributed by atoms with van der Waals surface area (Å²) < 4.78 is 12.9. The summed E-state index contributed by atoms with van der Waals surface area (Å²) in [5.74, 6) is 1.56. The van der Waals surface area contributed by atoms with Gasteiger partial charge in [0.2, 0.25) is 5.95 Å². The van der Waals surface area contributed by atoms with Gasteiger partial charge in [-0.1, -0.05) is 52.0 Å². The van der Waals surface area contributed by atoms with Crippen LogP contribution in [0.4, 0.5) is 5.95 Å². The second-order valence-electron chi connectivity index (χ2n) is 5.95. The lowest BCUT2D eigenvalue weighted by Gasteiger charge is -2.15. The molecule has 3 rings (SSSR count). The first-order valence-corrected chi connectivity index (χ1v) is 9.69. The predicted molar refractivity (Wildman–Crippen MR) is 114 cm³/mol. The van der Waals surface area contributed by atoms with Crippen LogP contribution in [0.15, 0.2) is 43.0 Å². The molecule has 2 aromatic carbocycles. The molecule has 0 atom stereocenters. The van der Waals surface area contributed by atoms with Gasteiger partial charge in [-0.25, -0.2) is 4.68 Å². The van der Waals surface area contributed by atoms with Crippen molar-refractivity contribution in [2.45, 2.75) is 19.7 Å². The number of rotatable bonds is 9. The number of hydrogen-bond acceptors (Lipinski definition) is 6. The standard InChI is InChI=1S/C19H18Cl3N5O2/c1-3-6-27-19(24-25-26-27)23-10-13-7-17(28-2)18(9-16(13)22)29-11-12-4-5-14(20)8-15(12)21/h3-5,7-9H,1,6,10-11H2,2H3,(H,23,24,26). The number of hydrogen-bond donors (Lipinski definition) is 1. The van der Waals surface area contributed by atoms with Gasteiger partial charge in [0.25, 0.3) is 0 Å². The van der Waals surface area contributed by atoms with E-state index in [1.54, 1.807) is 42.1 Å². The van der Waals surface area contributed by atoms with Crippen LogP contribution >= 0.6 is 34.8 Å². The van der Waals surface area contributed by atoms with Gasteiger partial charge in [-0.3, -0.25) is 0 Å². The molecule has 0 amide bonds. The minimum Gasteiger partial charge on any atom is -0.493 e. The third kappa shape index (κ3) is 5.32. The van der Waals surface area contributed by atoms with Crippen LogP contribution in [0.1, 0.15) is 11.1 Å². The number of aromatic nitrogens is 4. The maximum Gasteiger partial charge on any atom is 0.243 e. The Morgan fingerprint density at radius 3 is 2.62 bits per heavy atom. The minimum atomic E-state index is 0.247. The Hall–Kier alpha value is -2.48. The molecular formula is C19H18Cl3N5O2. The minimum absolute atomic E-state index is 0.247. The van der Waals surface area contributed by atoms with E-state index in [1.165, 1.54) is 0 Å². The molecule has 0 saturated heterocycles. The number of nitrogens with one attached hydrogen (secondary N) is 1. The van der Waals surface area contributed by atoms with E-state index in [0.717, 1.165) is 11.1 Å². The van der Waals surface area contributed by atoms with Gasteiger partial charge in [-0.2, -0.15) is 0 Å². The van der Waals surface area contributed by atoms with Crippen molar-refractivity contribution in [3.05, 3.63) is 69.2 Å². The number of nitrogens with zero attached hydrogens (tertiary/aromatic N) is 4. The first-order valence-electron chi connectivity index (χ1n) is 8.56. The molecule has 1 N–H and O–H groups in total. The van der Waals surface area contributed by atoms with Gasteiger partial charge in [0.05, 0.1) is 13.7 Å². The molecule has 7 nitrogen and oxygen atoms in total. The van der Waals surface area contributed by atoms with E-state index < -0.39 is 0 Å². The summed E-state index contributed by atoms with van der Waals surface area (Å²) >= 11 is 18.6. The molecule has 29 heavy (non-hydrogen) atoms. The van der Waals surface area contributed by atoms with Crippen molar-refractivity contribution in [1.29, 1.82) is 0 Å². The SMILES string of the molecule is C=CCn1nnnc1NCc1cc(OC)c(OCc2ccc(Cl)cc2Cl)cc1Cl. The lowest BCUT2D eigenvalue weighted by molar-refractivity contribution is 0.284. The molecule has 1 heterocycles. The number of tetrazole rings is 1. The molecule has 0 aliphatic heterocycles. The van der Waals surface area contributed by atoms with Gasteiger partial charge in [0.15, 0.2) is 11.5 Å². The van der Waals surface area contributed by atoms with Crippen LogP contribution < -0.4 is 14.8 Å². The molecule has 10 heteroatoms. The predicted octanol–water partition coefficient (Wildman–Crippen LogP) is 5.02. The van der Waals surface area contributed by atoms with E-state index in [1.807, 2.05) is 6.07 Å². The number of anilines is 1. The Kier molecular flexibility index (Phi) is 7.19. The van der Waals surface area contributed by atoms with Crippen LogP contribution in [0.2, 0.25) is 15.1 Å². The summed E-state index contributed by atoms with van der Waals surface area (Å²) in [5, 5.41) is 16.2. The Labute approximate surface area is 183 Å². The Morgan fingerprint density at radius 2 is 1.90 bits per heavy atom. The molecule has 0 radical (unpaired) electrons. The fourth-order valence-electron chi connectivity index (χ4n) is 2.53. The average Bonchev–Trinajstić information content (AvgIpc) is 3.14. The molecule has 0 fully saturated rings. The number of benzene rings is 2. The maximum atomic E-state index is 6.44. The smallest absolute Gasteiger partial charge is 0.243 e. The summed E-state index contributed by atoms with van der Waals surface area (Å²) in [6, 6.07) is 8.74. The molecule has 0 aliphatic carbocycles. The molecule has 1 aromatic heterocycles. The first kappa shape index (κ1) is 21.2. The lowest BCUT2D eigenvalue weighted by Crippen LogP contribution is -2.09. The van der Waals surface area contributed by atoms with Crippen LogP contribution in [0.5, 0.6) is 11.5 Å². The second kappa shape index (κ2) is 9.82. The van der Waals surface area contributed by atoms with Crippen molar-refractivity contribution < 1.29 is 9.47 Å². The topological polar surface area (TPSA) is 74.1 Å². The second-order valence-corrected chi connectivity index (χ2v) is 7.20. The van der Waals surface area contributed by atoms with Crippen LogP contribution in [-0.4, -0.2) is 27.3 Å². The lowest BCUT2D eigenvalue weighted by atomic mass is 10.2. The van der Waals surface area contributed by atoms with E-state index in [4.69, 9.17) is 44.3 Å². The van der Waals surface area contributed by atoms with Crippen LogP contribution in [0.3, 0.4) is 0 Å². The summed E-state index contributed by atoms with van der Waals surface area (Å²) in [4.78, 5) is 0. The van der Waals surface area contributed by atoms with Crippen molar-refractivity contribution >= 4 is 40.8 Å². The van der Waals surface area contributed by atoms with Gasteiger partial charge >= 0.3 is 0 Å². The van der Waals surface area contributed by atoms with Gasteiger partial charge < -0.3 is 14.8 Å². The molecule has 0 spiro atoms. The van der Waals surface area contributed by atoms with E-state index in [2.05, 4.69) is 27.4 Å². The van der Waals surface area contributed by atoms with Gasteiger partial charge in [0, 0.05) is 33.2 Å². The summed E-state index contributed by atoms with van der Waals surface area (Å²) in [6.45, 7) is 4.82. The third-order valence-electron chi connectivity index (χ3n) is 4.00.